The van der Waals surface area contributed by atoms with Crippen LogP contribution in [0.5, 0.6) is 11.5 Å². The number of carbonyl (C=O) groups is 1. The first-order valence-corrected chi connectivity index (χ1v) is 10.4. The Balaban J connectivity index is 1.89. The molecular weight excluding hydrogens is 380 g/mol. The normalized spacial score (nSPS) is 11.7. The maximum absolute atomic E-state index is 12.3. The van der Waals surface area contributed by atoms with E-state index in [-0.39, 0.29) is 17.4 Å². The molecule has 0 spiro atoms. The fourth-order valence-electron chi connectivity index (χ4n) is 2.32. The number of ether oxygens (including phenoxy) is 2. The van der Waals surface area contributed by atoms with E-state index in [2.05, 4.69) is 10.0 Å². The molecule has 0 unspecified atom stereocenters. The molecule has 0 saturated heterocycles. The summed E-state index contributed by atoms with van der Waals surface area (Å²) in [5.74, 6) is 0.805. The predicted octanol–water partition coefficient (Wildman–Crippen LogP) is 3.18. The molecule has 28 heavy (non-hydrogen) atoms. The molecule has 0 saturated carbocycles. The van der Waals surface area contributed by atoms with Gasteiger partial charge in [0.1, 0.15) is 11.5 Å². The topological polar surface area (TPSA) is 93.7 Å². The van der Waals surface area contributed by atoms with E-state index in [4.69, 9.17) is 9.47 Å². The van der Waals surface area contributed by atoms with Crippen LogP contribution in [0.4, 0.5) is 5.69 Å². The summed E-state index contributed by atoms with van der Waals surface area (Å²) in [6.07, 6.45) is 0. The van der Waals surface area contributed by atoms with Gasteiger partial charge < -0.3 is 14.8 Å². The highest BCUT2D eigenvalue weighted by atomic mass is 32.2. The van der Waals surface area contributed by atoms with Crippen LogP contribution in [0.1, 0.15) is 27.7 Å². The van der Waals surface area contributed by atoms with Crippen molar-refractivity contribution in [2.75, 3.05) is 18.5 Å². The lowest BCUT2D eigenvalue weighted by molar-refractivity contribution is -0.118. The van der Waals surface area contributed by atoms with Gasteiger partial charge >= 0.3 is 0 Å². The third kappa shape index (κ3) is 6.86. The molecule has 2 aromatic carbocycles. The van der Waals surface area contributed by atoms with Crippen molar-refractivity contribution in [1.29, 1.82) is 0 Å². The zero-order valence-corrected chi connectivity index (χ0v) is 17.3. The van der Waals surface area contributed by atoms with Gasteiger partial charge in [-0.25, -0.2) is 13.1 Å². The van der Waals surface area contributed by atoms with Crippen molar-refractivity contribution in [2.24, 2.45) is 0 Å². The number of hydrogen-bond donors (Lipinski definition) is 2. The van der Waals surface area contributed by atoms with Crippen molar-refractivity contribution in [3.05, 3.63) is 48.5 Å². The van der Waals surface area contributed by atoms with Crippen LogP contribution in [-0.2, 0) is 14.8 Å². The molecule has 0 aromatic heterocycles. The summed E-state index contributed by atoms with van der Waals surface area (Å²) >= 11 is 0. The van der Waals surface area contributed by atoms with E-state index < -0.39 is 15.6 Å². The van der Waals surface area contributed by atoms with Gasteiger partial charge in [0.05, 0.1) is 11.5 Å². The number of nitrogens with one attached hydrogen (secondary N) is 2. The Hall–Kier alpha value is -2.58. The van der Waals surface area contributed by atoms with Crippen molar-refractivity contribution in [2.45, 2.75) is 38.1 Å². The van der Waals surface area contributed by atoms with E-state index in [1.165, 1.54) is 24.3 Å². The molecule has 0 fully saturated rings. The Kier molecular flexibility index (Phi) is 7.04. The van der Waals surface area contributed by atoms with Crippen molar-refractivity contribution in [3.63, 3.8) is 0 Å². The largest absolute Gasteiger partial charge is 0.494 e. The molecular formula is C20H26N2O5S. The molecule has 7 nitrogen and oxygen atoms in total. The zero-order chi connectivity index (χ0) is 20.8. The van der Waals surface area contributed by atoms with Crippen LogP contribution in [0.25, 0.3) is 0 Å². The Morgan fingerprint density at radius 2 is 1.46 bits per heavy atom. The Labute approximate surface area is 166 Å². The van der Waals surface area contributed by atoms with Gasteiger partial charge in [0.15, 0.2) is 6.61 Å². The molecule has 0 bridgehead atoms. The Morgan fingerprint density at radius 1 is 0.929 bits per heavy atom. The summed E-state index contributed by atoms with van der Waals surface area (Å²) in [5, 5.41) is 2.72. The molecule has 0 aliphatic carbocycles. The lowest BCUT2D eigenvalue weighted by Crippen LogP contribution is -2.40. The van der Waals surface area contributed by atoms with Gasteiger partial charge in [0, 0.05) is 11.2 Å². The highest BCUT2D eigenvalue weighted by molar-refractivity contribution is 7.89. The molecule has 0 aliphatic rings. The van der Waals surface area contributed by atoms with E-state index in [1.54, 1.807) is 45.0 Å². The van der Waals surface area contributed by atoms with Gasteiger partial charge in [-0.3, -0.25) is 4.79 Å². The molecule has 152 valence electrons. The maximum Gasteiger partial charge on any atom is 0.262 e. The molecule has 0 heterocycles. The van der Waals surface area contributed by atoms with Crippen LogP contribution >= 0.6 is 0 Å². The van der Waals surface area contributed by atoms with Crippen LogP contribution in [0, 0.1) is 0 Å². The summed E-state index contributed by atoms with van der Waals surface area (Å²) in [7, 11) is -3.61. The summed E-state index contributed by atoms with van der Waals surface area (Å²) < 4.78 is 37.9. The van der Waals surface area contributed by atoms with E-state index in [0.717, 1.165) is 5.75 Å². The minimum absolute atomic E-state index is 0.133. The summed E-state index contributed by atoms with van der Waals surface area (Å²) in [6.45, 7) is 7.59. The number of hydrogen-bond acceptors (Lipinski definition) is 5. The quantitative estimate of drug-likeness (QED) is 0.702. The average Bonchev–Trinajstić information content (AvgIpc) is 2.60. The minimum atomic E-state index is -3.61. The number of carbonyl (C=O) groups excluding carboxylic acids is 1. The van der Waals surface area contributed by atoms with Crippen LogP contribution in [0.2, 0.25) is 0 Å². The lowest BCUT2D eigenvalue weighted by Gasteiger charge is -2.20. The standard InChI is InChI=1S/C20H26N2O5S/c1-5-26-16-8-6-15(7-9-16)21-19(23)14-27-17-10-12-18(13-11-17)28(24,25)22-20(2,3)4/h6-13,22H,5,14H2,1-4H3,(H,21,23). The van der Waals surface area contributed by atoms with Crippen LogP contribution in [0.15, 0.2) is 53.4 Å². The van der Waals surface area contributed by atoms with E-state index >= 15 is 0 Å². The van der Waals surface area contributed by atoms with Crippen molar-refractivity contribution < 1.29 is 22.7 Å². The maximum atomic E-state index is 12.3. The molecule has 2 aromatic rings. The van der Waals surface area contributed by atoms with Crippen molar-refractivity contribution in [1.82, 2.24) is 4.72 Å². The van der Waals surface area contributed by atoms with E-state index in [9.17, 15) is 13.2 Å². The predicted molar refractivity (Wildman–Crippen MR) is 108 cm³/mol. The third-order valence-corrected chi connectivity index (χ3v) is 5.17. The highest BCUT2D eigenvalue weighted by Crippen LogP contribution is 2.18. The van der Waals surface area contributed by atoms with Crippen LogP contribution in [-0.4, -0.2) is 33.1 Å². The SMILES string of the molecule is CCOc1ccc(NC(=O)COc2ccc(S(=O)(=O)NC(C)(C)C)cc2)cc1. The summed E-state index contributed by atoms with van der Waals surface area (Å²) in [4.78, 5) is 12.1. The minimum Gasteiger partial charge on any atom is -0.494 e. The smallest absolute Gasteiger partial charge is 0.262 e. The molecule has 0 aliphatic heterocycles. The second-order valence-electron chi connectivity index (χ2n) is 7.12. The fraction of sp³-hybridized carbons (Fsp3) is 0.350. The first kappa shape index (κ1) is 21.7. The number of rotatable bonds is 8. The number of anilines is 1. The second kappa shape index (κ2) is 9.07. The first-order chi connectivity index (χ1) is 13.1. The van der Waals surface area contributed by atoms with Crippen molar-refractivity contribution in [3.8, 4) is 11.5 Å². The van der Waals surface area contributed by atoms with Crippen molar-refractivity contribution >= 4 is 21.6 Å². The molecule has 1 amide bonds. The van der Waals surface area contributed by atoms with Gasteiger partial charge in [-0.05, 0) is 76.2 Å². The molecule has 2 N–H and O–H groups in total. The van der Waals surface area contributed by atoms with Gasteiger partial charge in [0.25, 0.3) is 5.91 Å². The van der Waals surface area contributed by atoms with Gasteiger partial charge in [-0.2, -0.15) is 0 Å². The second-order valence-corrected chi connectivity index (χ2v) is 8.80. The lowest BCUT2D eigenvalue weighted by atomic mass is 10.1. The number of benzene rings is 2. The zero-order valence-electron chi connectivity index (χ0n) is 16.5. The molecule has 8 heteroatoms. The van der Waals surface area contributed by atoms with Gasteiger partial charge in [-0.1, -0.05) is 0 Å². The van der Waals surface area contributed by atoms with Gasteiger partial charge in [0.2, 0.25) is 10.0 Å². The Morgan fingerprint density at radius 3 is 2.00 bits per heavy atom. The van der Waals surface area contributed by atoms with E-state index in [0.29, 0.717) is 18.0 Å². The third-order valence-electron chi connectivity index (χ3n) is 3.39. The molecule has 0 radical (unpaired) electrons. The summed E-state index contributed by atoms with van der Waals surface area (Å²) in [6, 6.07) is 12.9. The fourth-order valence-corrected chi connectivity index (χ4v) is 3.74. The van der Waals surface area contributed by atoms with Gasteiger partial charge in [-0.15, -0.1) is 0 Å². The summed E-state index contributed by atoms with van der Waals surface area (Å²) in [5.41, 5.74) is 0.0548. The monoisotopic (exact) mass is 406 g/mol. The molecule has 0 atom stereocenters. The van der Waals surface area contributed by atoms with Crippen LogP contribution < -0.4 is 19.5 Å². The number of sulfonamides is 1. The molecule has 2 rings (SSSR count). The Bertz CT molecular complexity index is 886. The first-order valence-electron chi connectivity index (χ1n) is 8.88. The average molecular weight is 407 g/mol. The van der Waals surface area contributed by atoms with E-state index in [1.807, 2.05) is 6.92 Å². The number of amides is 1. The van der Waals surface area contributed by atoms with Crippen LogP contribution in [0.3, 0.4) is 0 Å². The highest BCUT2D eigenvalue weighted by Gasteiger charge is 2.21.